The summed E-state index contributed by atoms with van der Waals surface area (Å²) in [5.74, 6) is 0. The molecule has 8 heteroatoms. The van der Waals surface area contributed by atoms with Crippen molar-refractivity contribution in [3.63, 3.8) is 0 Å². The third-order valence-corrected chi connectivity index (χ3v) is 7.24. The van der Waals surface area contributed by atoms with E-state index in [0.29, 0.717) is 17.6 Å². The van der Waals surface area contributed by atoms with Crippen LogP contribution in [0.1, 0.15) is 19.3 Å². The van der Waals surface area contributed by atoms with Gasteiger partial charge in [-0.3, -0.25) is 0 Å². The van der Waals surface area contributed by atoms with Gasteiger partial charge in [-0.25, -0.2) is 8.42 Å². The Hall–Kier alpha value is 0.150. The SMILES string of the molecule is Cl.O=S(=O)(c1cccc(Br)c1Cl)N1CC2CCCC(C1)N2. The molecule has 0 aliphatic carbocycles. The lowest BCUT2D eigenvalue weighted by molar-refractivity contribution is 0.190. The molecular weight excluding hydrogens is 399 g/mol. The monoisotopic (exact) mass is 414 g/mol. The molecule has 2 fully saturated rings. The number of rotatable bonds is 2. The lowest BCUT2D eigenvalue weighted by atomic mass is 9.96. The molecule has 4 nitrogen and oxygen atoms in total. The Morgan fingerprint density at radius 2 is 1.86 bits per heavy atom. The molecule has 2 aliphatic rings. The van der Waals surface area contributed by atoms with E-state index in [-0.39, 0.29) is 34.4 Å². The number of hydrogen-bond donors (Lipinski definition) is 1. The first kappa shape index (κ1) is 17.5. The molecular formula is C13H17BrCl2N2O2S. The van der Waals surface area contributed by atoms with Gasteiger partial charge in [0.05, 0.1) is 5.02 Å². The molecule has 2 bridgehead atoms. The van der Waals surface area contributed by atoms with E-state index in [2.05, 4.69) is 21.2 Å². The minimum atomic E-state index is -3.53. The number of benzene rings is 1. The van der Waals surface area contributed by atoms with Crippen LogP contribution in [0.2, 0.25) is 5.02 Å². The first-order chi connectivity index (χ1) is 9.48. The second kappa shape index (κ2) is 6.72. The van der Waals surface area contributed by atoms with Crippen molar-refractivity contribution in [3.8, 4) is 0 Å². The lowest BCUT2D eigenvalue weighted by Gasteiger charge is -2.41. The van der Waals surface area contributed by atoms with Crippen LogP contribution in [0, 0.1) is 0 Å². The maximum absolute atomic E-state index is 12.8. The Morgan fingerprint density at radius 1 is 1.24 bits per heavy atom. The molecule has 0 radical (unpaired) electrons. The van der Waals surface area contributed by atoms with Crippen molar-refractivity contribution < 1.29 is 8.42 Å². The van der Waals surface area contributed by atoms with Gasteiger partial charge in [-0.05, 0) is 40.9 Å². The van der Waals surface area contributed by atoms with E-state index in [1.165, 1.54) is 6.42 Å². The normalized spacial score (nSPS) is 26.2. The highest BCUT2D eigenvalue weighted by molar-refractivity contribution is 9.10. The maximum atomic E-state index is 12.8. The fourth-order valence-corrected chi connectivity index (χ4v) is 5.52. The number of halogens is 3. The zero-order valence-electron chi connectivity index (χ0n) is 11.3. The number of piperidine rings is 1. The zero-order valence-corrected chi connectivity index (χ0v) is 15.2. The molecule has 2 heterocycles. The molecule has 0 aromatic heterocycles. The zero-order chi connectivity index (χ0) is 14.3. The summed E-state index contributed by atoms with van der Waals surface area (Å²) in [6, 6.07) is 5.55. The van der Waals surface area contributed by atoms with Crippen LogP contribution in [0.4, 0.5) is 0 Å². The highest BCUT2D eigenvalue weighted by Crippen LogP contribution is 2.32. The summed E-state index contributed by atoms with van der Waals surface area (Å²) in [4.78, 5) is 0.188. The smallest absolute Gasteiger partial charge is 0.244 e. The van der Waals surface area contributed by atoms with Gasteiger partial charge in [0.1, 0.15) is 4.90 Å². The Balaban J connectivity index is 0.00000161. The molecule has 1 aromatic rings. The van der Waals surface area contributed by atoms with Gasteiger partial charge in [0.25, 0.3) is 0 Å². The Kier molecular flexibility index (Phi) is 5.60. The number of hydrogen-bond acceptors (Lipinski definition) is 3. The van der Waals surface area contributed by atoms with Crippen molar-refractivity contribution in [2.24, 2.45) is 0 Å². The van der Waals surface area contributed by atoms with E-state index in [9.17, 15) is 8.42 Å². The number of nitrogens with zero attached hydrogens (tertiary/aromatic N) is 1. The van der Waals surface area contributed by atoms with Crippen molar-refractivity contribution in [1.82, 2.24) is 9.62 Å². The van der Waals surface area contributed by atoms with Crippen LogP contribution in [0.25, 0.3) is 0 Å². The number of sulfonamides is 1. The largest absolute Gasteiger partial charge is 0.309 e. The third-order valence-electron chi connectivity index (χ3n) is 3.96. The summed E-state index contributed by atoms with van der Waals surface area (Å²) < 4.78 is 27.8. The highest BCUT2D eigenvalue weighted by atomic mass is 79.9. The van der Waals surface area contributed by atoms with Crippen molar-refractivity contribution >= 4 is 50.0 Å². The molecule has 0 amide bonds. The maximum Gasteiger partial charge on any atom is 0.244 e. The standard InChI is InChI=1S/C13H16BrClN2O2S.ClH/c14-11-5-2-6-12(13(11)15)20(18,19)17-7-9-3-1-4-10(8-17)16-9;/h2,5-6,9-10,16H,1,3-4,7-8H2;1H. The van der Waals surface area contributed by atoms with Gasteiger partial charge in [-0.2, -0.15) is 4.31 Å². The van der Waals surface area contributed by atoms with Crippen molar-refractivity contribution in [2.45, 2.75) is 36.2 Å². The van der Waals surface area contributed by atoms with Crippen LogP contribution >= 0.6 is 39.9 Å². The number of fused-ring (bicyclic) bond motifs is 2. The predicted molar refractivity (Wildman–Crippen MR) is 89.7 cm³/mol. The van der Waals surface area contributed by atoms with E-state index in [1.807, 2.05) is 0 Å². The average Bonchev–Trinajstić information content (AvgIpc) is 2.41. The molecule has 2 atom stereocenters. The minimum Gasteiger partial charge on any atom is -0.309 e. The summed E-state index contributed by atoms with van der Waals surface area (Å²) in [6.45, 7) is 1.06. The topological polar surface area (TPSA) is 49.4 Å². The van der Waals surface area contributed by atoms with Crippen LogP contribution in [-0.2, 0) is 10.0 Å². The molecule has 118 valence electrons. The fourth-order valence-electron chi connectivity index (χ4n) is 2.98. The Bertz CT molecular complexity index is 615. The summed E-state index contributed by atoms with van der Waals surface area (Å²) in [6.07, 6.45) is 3.25. The van der Waals surface area contributed by atoms with Crippen molar-refractivity contribution in [3.05, 3.63) is 27.7 Å². The Morgan fingerprint density at radius 3 is 2.48 bits per heavy atom. The summed E-state index contributed by atoms with van der Waals surface area (Å²) >= 11 is 9.43. The van der Waals surface area contributed by atoms with Crippen LogP contribution < -0.4 is 5.32 Å². The fraction of sp³-hybridized carbons (Fsp3) is 0.538. The van der Waals surface area contributed by atoms with Gasteiger partial charge < -0.3 is 5.32 Å². The Labute approximate surface area is 144 Å². The van der Waals surface area contributed by atoms with Crippen molar-refractivity contribution in [1.29, 1.82) is 0 Å². The molecule has 2 unspecified atom stereocenters. The van der Waals surface area contributed by atoms with Crippen LogP contribution in [0.5, 0.6) is 0 Å². The molecule has 1 aromatic carbocycles. The van der Waals surface area contributed by atoms with E-state index in [4.69, 9.17) is 11.6 Å². The first-order valence-electron chi connectivity index (χ1n) is 6.68. The highest BCUT2D eigenvalue weighted by Gasteiger charge is 2.37. The molecule has 2 saturated heterocycles. The van der Waals surface area contributed by atoms with Crippen molar-refractivity contribution in [2.75, 3.05) is 13.1 Å². The first-order valence-corrected chi connectivity index (χ1v) is 9.30. The van der Waals surface area contributed by atoms with Gasteiger partial charge in [0.2, 0.25) is 10.0 Å². The van der Waals surface area contributed by atoms with Gasteiger partial charge in [0, 0.05) is 29.6 Å². The minimum absolute atomic E-state index is 0. The summed E-state index contributed by atoms with van der Waals surface area (Å²) in [5, 5.41) is 3.74. The summed E-state index contributed by atoms with van der Waals surface area (Å²) in [7, 11) is -3.53. The van der Waals surface area contributed by atoms with Gasteiger partial charge >= 0.3 is 0 Å². The molecule has 2 aliphatic heterocycles. The quantitative estimate of drug-likeness (QED) is 0.807. The van der Waals surface area contributed by atoms with E-state index >= 15 is 0 Å². The third kappa shape index (κ3) is 3.41. The predicted octanol–water partition coefficient (Wildman–Crippen LogP) is 3.04. The van der Waals surface area contributed by atoms with Crippen LogP contribution in [0.3, 0.4) is 0 Å². The van der Waals surface area contributed by atoms with Gasteiger partial charge in [0.15, 0.2) is 0 Å². The molecule has 0 spiro atoms. The molecule has 3 rings (SSSR count). The molecule has 21 heavy (non-hydrogen) atoms. The second-order valence-electron chi connectivity index (χ2n) is 5.37. The average molecular weight is 416 g/mol. The second-order valence-corrected chi connectivity index (χ2v) is 8.50. The van der Waals surface area contributed by atoms with Crippen LogP contribution in [0.15, 0.2) is 27.6 Å². The summed E-state index contributed by atoms with van der Waals surface area (Å²) in [5.41, 5.74) is 0. The lowest BCUT2D eigenvalue weighted by Crippen LogP contribution is -2.59. The van der Waals surface area contributed by atoms with E-state index in [1.54, 1.807) is 22.5 Å². The molecule has 1 N–H and O–H groups in total. The van der Waals surface area contributed by atoms with Gasteiger partial charge in [-0.1, -0.05) is 24.1 Å². The van der Waals surface area contributed by atoms with Crippen LogP contribution in [-0.4, -0.2) is 37.9 Å². The van der Waals surface area contributed by atoms with E-state index in [0.717, 1.165) is 12.8 Å². The number of piperazine rings is 1. The molecule has 0 saturated carbocycles. The van der Waals surface area contributed by atoms with Gasteiger partial charge in [-0.15, -0.1) is 12.4 Å². The number of nitrogens with one attached hydrogen (secondary N) is 1. The van der Waals surface area contributed by atoms with E-state index < -0.39 is 10.0 Å².